The Kier molecular flexibility index (Phi) is 2.09. The van der Waals surface area contributed by atoms with Gasteiger partial charge in [0.15, 0.2) is 0 Å². The predicted octanol–water partition coefficient (Wildman–Crippen LogP) is 2.46. The molecule has 1 aliphatic rings. The average molecular weight is 232 g/mol. The third-order valence-corrected chi connectivity index (χ3v) is 2.60. The first-order chi connectivity index (χ1) is 6.48. The summed E-state index contributed by atoms with van der Waals surface area (Å²) in [7, 11) is 0. The molecule has 0 bridgehead atoms. The second kappa shape index (κ2) is 3.04. The van der Waals surface area contributed by atoms with Crippen molar-refractivity contribution in [1.82, 2.24) is 4.98 Å². The zero-order chi connectivity index (χ0) is 10.3. The SMILES string of the molecule is O=C(O)c1cc2c([nH]1)CC(Cl)(Cl)C=C2. The molecular formula is C9H7Cl2NO2. The van der Waals surface area contributed by atoms with Crippen LogP contribution in [0.4, 0.5) is 0 Å². The number of halogens is 2. The maximum atomic E-state index is 10.7. The van der Waals surface area contributed by atoms with Gasteiger partial charge in [0, 0.05) is 12.1 Å². The Balaban J connectivity index is 2.42. The number of carbonyl (C=O) groups is 1. The summed E-state index contributed by atoms with van der Waals surface area (Å²) in [5.74, 6) is -0.984. The fourth-order valence-electron chi connectivity index (χ4n) is 1.43. The number of hydrogen-bond acceptors (Lipinski definition) is 1. The zero-order valence-corrected chi connectivity index (χ0v) is 8.56. The van der Waals surface area contributed by atoms with Crippen molar-refractivity contribution in [2.45, 2.75) is 10.8 Å². The van der Waals surface area contributed by atoms with E-state index in [0.717, 1.165) is 11.3 Å². The number of nitrogens with one attached hydrogen (secondary N) is 1. The molecule has 0 aromatic carbocycles. The molecule has 1 aromatic rings. The van der Waals surface area contributed by atoms with Gasteiger partial charge in [-0.15, -0.1) is 0 Å². The summed E-state index contributed by atoms with van der Waals surface area (Å²) >= 11 is 11.8. The van der Waals surface area contributed by atoms with E-state index in [2.05, 4.69) is 4.98 Å². The molecule has 1 aliphatic carbocycles. The van der Waals surface area contributed by atoms with Gasteiger partial charge in [0.05, 0.1) is 0 Å². The lowest BCUT2D eigenvalue weighted by Crippen LogP contribution is -2.16. The van der Waals surface area contributed by atoms with Gasteiger partial charge in [-0.1, -0.05) is 29.3 Å². The highest BCUT2D eigenvalue weighted by atomic mass is 35.5. The Morgan fingerprint density at radius 1 is 1.57 bits per heavy atom. The van der Waals surface area contributed by atoms with Crippen LogP contribution in [0, 0.1) is 0 Å². The van der Waals surface area contributed by atoms with Gasteiger partial charge in [0.1, 0.15) is 10.0 Å². The Morgan fingerprint density at radius 2 is 2.29 bits per heavy atom. The third-order valence-electron chi connectivity index (χ3n) is 2.08. The van der Waals surface area contributed by atoms with E-state index in [1.165, 1.54) is 0 Å². The Bertz CT molecular complexity index is 420. The van der Waals surface area contributed by atoms with Crippen LogP contribution in [0.15, 0.2) is 12.1 Å². The number of aromatic nitrogens is 1. The van der Waals surface area contributed by atoms with E-state index in [9.17, 15) is 4.79 Å². The van der Waals surface area contributed by atoms with Crippen molar-refractivity contribution in [1.29, 1.82) is 0 Å². The first-order valence-electron chi connectivity index (χ1n) is 4.00. The molecule has 3 nitrogen and oxygen atoms in total. The largest absolute Gasteiger partial charge is 0.477 e. The molecule has 5 heteroatoms. The van der Waals surface area contributed by atoms with Gasteiger partial charge in [-0.2, -0.15) is 0 Å². The fourth-order valence-corrected chi connectivity index (χ4v) is 1.82. The molecular weight excluding hydrogens is 225 g/mol. The molecule has 0 saturated carbocycles. The van der Waals surface area contributed by atoms with Gasteiger partial charge in [-0.25, -0.2) is 4.79 Å². The summed E-state index contributed by atoms with van der Waals surface area (Å²) < 4.78 is -0.937. The van der Waals surface area contributed by atoms with Crippen molar-refractivity contribution >= 4 is 35.2 Å². The summed E-state index contributed by atoms with van der Waals surface area (Å²) in [5.41, 5.74) is 1.75. The minimum atomic E-state index is -0.984. The van der Waals surface area contributed by atoms with Crippen LogP contribution in [0.3, 0.4) is 0 Å². The van der Waals surface area contributed by atoms with Crippen molar-refractivity contribution in [2.75, 3.05) is 0 Å². The molecule has 0 amide bonds. The quantitative estimate of drug-likeness (QED) is 0.730. The topological polar surface area (TPSA) is 53.1 Å². The Labute approximate surface area is 90.3 Å². The van der Waals surface area contributed by atoms with Gasteiger partial charge >= 0.3 is 5.97 Å². The number of carboxylic acid groups (broad SMARTS) is 1. The first-order valence-corrected chi connectivity index (χ1v) is 4.76. The van der Waals surface area contributed by atoms with Crippen LogP contribution in [0.2, 0.25) is 0 Å². The lowest BCUT2D eigenvalue weighted by atomic mass is 10.0. The summed E-state index contributed by atoms with van der Waals surface area (Å²) in [6.07, 6.45) is 3.77. The Hall–Kier alpha value is -0.930. The molecule has 2 rings (SSSR count). The fraction of sp³-hybridized carbons (Fsp3) is 0.222. The highest BCUT2D eigenvalue weighted by molar-refractivity contribution is 6.50. The monoisotopic (exact) mass is 231 g/mol. The predicted molar refractivity (Wildman–Crippen MR) is 54.9 cm³/mol. The lowest BCUT2D eigenvalue weighted by molar-refractivity contribution is 0.0691. The van der Waals surface area contributed by atoms with Crippen LogP contribution in [0.25, 0.3) is 6.08 Å². The summed E-state index contributed by atoms with van der Waals surface area (Å²) in [6.45, 7) is 0. The van der Waals surface area contributed by atoms with Crippen LogP contribution in [-0.4, -0.2) is 20.4 Å². The van der Waals surface area contributed by atoms with Gasteiger partial charge in [0.2, 0.25) is 0 Å². The smallest absolute Gasteiger partial charge is 0.352 e. The molecule has 74 valence electrons. The number of carboxylic acids is 1. The average Bonchev–Trinajstić information content (AvgIpc) is 2.45. The standard InChI is InChI=1S/C9H7Cl2NO2/c10-9(11)2-1-5-3-6(8(13)14)12-7(5)4-9/h1-3,12H,4H2,(H,13,14). The Morgan fingerprint density at radius 3 is 2.93 bits per heavy atom. The van der Waals surface area contributed by atoms with E-state index >= 15 is 0 Å². The van der Waals surface area contributed by atoms with Gasteiger partial charge in [-0.05, 0) is 17.7 Å². The van der Waals surface area contributed by atoms with Crippen LogP contribution < -0.4 is 0 Å². The molecule has 0 fully saturated rings. The van der Waals surface area contributed by atoms with Crippen LogP contribution in [-0.2, 0) is 6.42 Å². The van der Waals surface area contributed by atoms with Crippen LogP contribution >= 0.6 is 23.2 Å². The number of fused-ring (bicyclic) bond motifs is 1. The van der Waals surface area contributed by atoms with Gasteiger partial charge < -0.3 is 10.1 Å². The molecule has 0 unspecified atom stereocenters. The molecule has 0 radical (unpaired) electrons. The number of aromatic amines is 1. The van der Waals surface area contributed by atoms with E-state index in [1.807, 2.05) is 0 Å². The van der Waals surface area contributed by atoms with Crippen LogP contribution in [0.5, 0.6) is 0 Å². The molecule has 14 heavy (non-hydrogen) atoms. The highest BCUT2D eigenvalue weighted by Gasteiger charge is 2.27. The maximum Gasteiger partial charge on any atom is 0.352 e. The molecule has 1 aromatic heterocycles. The van der Waals surface area contributed by atoms with Crippen molar-refractivity contribution < 1.29 is 9.90 Å². The number of hydrogen-bond donors (Lipinski definition) is 2. The normalized spacial score (nSPS) is 17.9. The molecule has 1 heterocycles. The van der Waals surface area contributed by atoms with E-state index in [1.54, 1.807) is 18.2 Å². The minimum absolute atomic E-state index is 0.158. The summed E-state index contributed by atoms with van der Waals surface area (Å²) in [4.78, 5) is 13.4. The molecule has 2 N–H and O–H groups in total. The van der Waals surface area contributed by atoms with Crippen molar-refractivity contribution in [3.63, 3.8) is 0 Å². The summed E-state index contributed by atoms with van der Waals surface area (Å²) in [5, 5.41) is 8.74. The number of aromatic carboxylic acids is 1. The van der Waals surface area contributed by atoms with E-state index in [-0.39, 0.29) is 5.69 Å². The lowest BCUT2D eigenvalue weighted by Gasteiger charge is -2.18. The van der Waals surface area contributed by atoms with E-state index < -0.39 is 10.3 Å². The highest BCUT2D eigenvalue weighted by Crippen LogP contribution is 2.34. The number of alkyl halides is 2. The third kappa shape index (κ3) is 1.65. The van der Waals surface area contributed by atoms with Crippen molar-refractivity contribution in [2.24, 2.45) is 0 Å². The van der Waals surface area contributed by atoms with Crippen molar-refractivity contribution in [3.05, 3.63) is 29.1 Å². The zero-order valence-electron chi connectivity index (χ0n) is 7.05. The van der Waals surface area contributed by atoms with Gasteiger partial charge in [0.25, 0.3) is 0 Å². The second-order valence-electron chi connectivity index (χ2n) is 3.19. The number of rotatable bonds is 1. The summed E-state index contributed by atoms with van der Waals surface area (Å²) in [6, 6.07) is 1.57. The number of H-pyrrole nitrogens is 1. The molecule has 0 saturated heterocycles. The number of allylic oxidation sites excluding steroid dienone is 1. The van der Waals surface area contributed by atoms with E-state index in [0.29, 0.717) is 6.42 Å². The maximum absolute atomic E-state index is 10.7. The minimum Gasteiger partial charge on any atom is -0.477 e. The second-order valence-corrected chi connectivity index (χ2v) is 4.74. The van der Waals surface area contributed by atoms with Gasteiger partial charge in [-0.3, -0.25) is 0 Å². The van der Waals surface area contributed by atoms with Crippen molar-refractivity contribution in [3.8, 4) is 0 Å². The molecule has 0 aliphatic heterocycles. The van der Waals surface area contributed by atoms with Crippen LogP contribution in [0.1, 0.15) is 21.7 Å². The van der Waals surface area contributed by atoms with E-state index in [4.69, 9.17) is 28.3 Å². The molecule has 0 spiro atoms. The first kappa shape index (κ1) is 9.62. The molecule has 0 atom stereocenters.